The number of nitrogen functional groups attached to an aromatic ring is 2. The summed E-state index contributed by atoms with van der Waals surface area (Å²) in [7, 11) is 0. The number of benzene rings is 2. The van der Waals surface area contributed by atoms with E-state index in [2.05, 4.69) is 6.07 Å². The standard InChI is InChI=1S/C21H21Cl2N4O2/c1-13(28)26-7-9-27(10-8-26)20(29)6-5-14-3-2-4-16(22)21(14)15-11-18(24)19(25)12-17(15)23/h2-3,5-6,11-12H,7-10,24-25H2,1H3/b6-5+. The number of carbonyl (C=O) groups is 2. The number of carbonyl (C=O) groups excluding carboxylic acids is 2. The van der Waals surface area contributed by atoms with Crippen LogP contribution in [0.4, 0.5) is 11.4 Å². The number of hydrogen-bond donors (Lipinski definition) is 2. The van der Waals surface area contributed by atoms with Crippen molar-refractivity contribution in [1.82, 2.24) is 9.80 Å². The SMILES string of the molecule is CC(=O)N1CCN(C(=O)/C=C/c2cc[c]c(Cl)c2-c2cc(N)c(N)cc2Cl)CC1. The molecule has 151 valence electrons. The molecule has 2 aromatic carbocycles. The third-order valence-electron chi connectivity index (χ3n) is 4.87. The molecule has 0 aromatic heterocycles. The molecule has 1 radical (unpaired) electrons. The molecular formula is C21H21Cl2N4O2. The first-order valence-corrected chi connectivity index (χ1v) is 9.81. The van der Waals surface area contributed by atoms with Crippen LogP contribution >= 0.6 is 23.2 Å². The van der Waals surface area contributed by atoms with Crippen LogP contribution < -0.4 is 11.5 Å². The smallest absolute Gasteiger partial charge is 0.246 e. The number of nitrogens with zero attached hydrogens (tertiary/aromatic N) is 2. The number of hydrogen-bond acceptors (Lipinski definition) is 4. The van der Waals surface area contributed by atoms with E-state index in [1.165, 1.54) is 13.0 Å². The van der Waals surface area contributed by atoms with E-state index in [0.717, 1.165) is 0 Å². The zero-order valence-corrected chi connectivity index (χ0v) is 17.4. The van der Waals surface area contributed by atoms with Crippen molar-refractivity contribution in [3.63, 3.8) is 0 Å². The average molecular weight is 432 g/mol. The summed E-state index contributed by atoms with van der Waals surface area (Å²) in [5.41, 5.74) is 14.5. The van der Waals surface area contributed by atoms with Gasteiger partial charge in [-0.1, -0.05) is 35.3 Å². The number of rotatable bonds is 3. The van der Waals surface area contributed by atoms with Crippen LogP contribution in [0.3, 0.4) is 0 Å². The molecule has 2 amide bonds. The molecule has 0 spiro atoms. The third-order valence-corrected chi connectivity index (χ3v) is 5.48. The third kappa shape index (κ3) is 4.66. The minimum atomic E-state index is -0.133. The van der Waals surface area contributed by atoms with Crippen LogP contribution in [0.5, 0.6) is 0 Å². The second kappa shape index (κ2) is 8.76. The Kier molecular flexibility index (Phi) is 6.35. The molecule has 29 heavy (non-hydrogen) atoms. The first-order valence-electron chi connectivity index (χ1n) is 9.05. The van der Waals surface area contributed by atoms with Gasteiger partial charge in [0.25, 0.3) is 0 Å². The number of halogens is 2. The predicted octanol–water partition coefficient (Wildman–Crippen LogP) is 3.33. The van der Waals surface area contributed by atoms with Gasteiger partial charge < -0.3 is 21.3 Å². The van der Waals surface area contributed by atoms with Gasteiger partial charge in [-0.2, -0.15) is 0 Å². The summed E-state index contributed by atoms with van der Waals surface area (Å²) in [5.74, 6) is -0.113. The maximum absolute atomic E-state index is 12.6. The lowest BCUT2D eigenvalue weighted by atomic mass is 9.98. The summed E-state index contributed by atoms with van der Waals surface area (Å²) in [6.45, 7) is 3.60. The minimum absolute atomic E-state index is 0.0205. The first kappa shape index (κ1) is 21.0. The molecule has 0 unspecified atom stereocenters. The molecule has 1 heterocycles. The topological polar surface area (TPSA) is 92.7 Å². The van der Waals surface area contributed by atoms with E-state index >= 15 is 0 Å². The molecule has 0 bridgehead atoms. The molecular weight excluding hydrogens is 411 g/mol. The molecule has 0 aliphatic carbocycles. The fourth-order valence-corrected chi connectivity index (χ4v) is 3.75. The summed E-state index contributed by atoms with van der Waals surface area (Å²) in [4.78, 5) is 27.4. The van der Waals surface area contributed by atoms with Gasteiger partial charge in [-0.25, -0.2) is 0 Å². The Morgan fingerprint density at radius 2 is 1.69 bits per heavy atom. The largest absolute Gasteiger partial charge is 0.397 e. The summed E-state index contributed by atoms with van der Waals surface area (Å²) >= 11 is 12.7. The Balaban J connectivity index is 1.86. The van der Waals surface area contributed by atoms with Crippen LogP contribution in [0.2, 0.25) is 10.0 Å². The first-order chi connectivity index (χ1) is 13.8. The van der Waals surface area contributed by atoms with Crippen LogP contribution in [0.15, 0.2) is 30.3 Å². The number of amides is 2. The van der Waals surface area contributed by atoms with Gasteiger partial charge >= 0.3 is 0 Å². The van der Waals surface area contributed by atoms with Crippen molar-refractivity contribution in [2.75, 3.05) is 37.6 Å². The second-order valence-electron chi connectivity index (χ2n) is 6.75. The van der Waals surface area contributed by atoms with E-state index in [1.807, 2.05) is 0 Å². The van der Waals surface area contributed by atoms with Gasteiger partial charge in [0, 0.05) is 56.4 Å². The fraction of sp³-hybridized carbons (Fsp3) is 0.238. The molecule has 1 aliphatic heterocycles. The van der Waals surface area contributed by atoms with Crippen LogP contribution in [0, 0.1) is 6.07 Å². The fourth-order valence-electron chi connectivity index (χ4n) is 3.20. The summed E-state index contributed by atoms with van der Waals surface area (Å²) < 4.78 is 0. The van der Waals surface area contributed by atoms with Crippen molar-refractivity contribution >= 4 is 52.5 Å². The molecule has 1 aliphatic rings. The molecule has 4 N–H and O–H groups in total. The highest BCUT2D eigenvalue weighted by atomic mass is 35.5. The lowest BCUT2D eigenvalue weighted by molar-refractivity contribution is -0.135. The Morgan fingerprint density at radius 1 is 1.07 bits per heavy atom. The van der Waals surface area contributed by atoms with Gasteiger partial charge in [-0.3, -0.25) is 9.59 Å². The Bertz CT molecular complexity index is 983. The maximum Gasteiger partial charge on any atom is 0.246 e. The molecule has 6 nitrogen and oxygen atoms in total. The maximum atomic E-state index is 12.6. The number of anilines is 2. The van der Waals surface area contributed by atoms with E-state index in [1.54, 1.807) is 40.1 Å². The molecule has 1 saturated heterocycles. The van der Waals surface area contributed by atoms with E-state index in [9.17, 15) is 9.59 Å². The summed E-state index contributed by atoms with van der Waals surface area (Å²) in [5, 5.41) is 0.764. The normalized spacial score (nSPS) is 14.4. The molecule has 3 rings (SSSR count). The highest BCUT2D eigenvalue weighted by Crippen LogP contribution is 2.39. The van der Waals surface area contributed by atoms with E-state index in [0.29, 0.717) is 64.3 Å². The van der Waals surface area contributed by atoms with Gasteiger partial charge in [-0.05, 0) is 23.8 Å². The zero-order chi connectivity index (χ0) is 21.1. The minimum Gasteiger partial charge on any atom is -0.397 e. The lowest BCUT2D eigenvalue weighted by Gasteiger charge is -2.33. The second-order valence-corrected chi connectivity index (χ2v) is 7.53. The number of nitrogens with two attached hydrogens (primary N) is 2. The molecule has 1 fully saturated rings. The van der Waals surface area contributed by atoms with Crippen LogP contribution in [0.1, 0.15) is 12.5 Å². The molecule has 8 heteroatoms. The van der Waals surface area contributed by atoms with Crippen molar-refractivity contribution in [3.8, 4) is 11.1 Å². The van der Waals surface area contributed by atoms with Gasteiger partial charge in [0.15, 0.2) is 0 Å². The highest BCUT2D eigenvalue weighted by molar-refractivity contribution is 6.37. The molecule has 2 aromatic rings. The summed E-state index contributed by atoms with van der Waals surface area (Å²) in [6.07, 6.45) is 3.19. The molecule has 0 saturated carbocycles. The van der Waals surface area contributed by atoms with Crippen molar-refractivity contribution in [2.45, 2.75) is 6.92 Å². The van der Waals surface area contributed by atoms with Crippen LogP contribution in [-0.2, 0) is 9.59 Å². The van der Waals surface area contributed by atoms with Gasteiger partial charge in [0.2, 0.25) is 11.8 Å². The highest BCUT2D eigenvalue weighted by Gasteiger charge is 2.21. The predicted molar refractivity (Wildman–Crippen MR) is 117 cm³/mol. The monoisotopic (exact) mass is 431 g/mol. The summed E-state index contributed by atoms with van der Waals surface area (Å²) in [6, 6.07) is 9.64. The molecule has 0 atom stereocenters. The van der Waals surface area contributed by atoms with Gasteiger partial charge in [-0.15, -0.1) is 0 Å². The van der Waals surface area contributed by atoms with E-state index in [4.69, 9.17) is 34.7 Å². The average Bonchev–Trinajstić information content (AvgIpc) is 2.69. The van der Waals surface area contributed by atoms with Crippen molar-refractivity contribution < 1.29 is 9.59 Å². The van der Waals surface area contributed by atoms with E-state index in [-0.39, 0.29) is 11.8 Å². The van der Waals surface area contributed by atoms with E-state index < -0.39 is 0 Å². The lowest BCUT2D eigenvalue weighted by Crippen LogP contribution is -2.49. The van der Waals surface area contributed by atoms with Gasteiger partial charge in [0.05, 0.1) is 21.4 Å². The number of piperazine rings is 1. The Labute approximate surface area is 179 Å². The quantitative estimate of drug-likeness (QED) is 0.575. The van der Waals surface area contributed by atoms with Crippen molar-refractivity contribution in [3.05, 3.63) is 52.0 Å². The Morgan fingerprint density at radius 3 is 2.34 bits per heavy atom. The van der Waals surface area contributed by atoms with Crippen LogP contribution in [0.25, 0.3) is 17.2 Å². The Hall–Kier alpha value is -2.70. The van der Waals surface area contributed by atoms with Crippen LogP contribution in [-0.4, -0.2) is 47.8 Å². The van der Waals surface area contributed by atoms with Crippen molar-refractivity contribution in [1.29, 1.82) is 0 Å². The van der Waals surface area contributed by atoms with Gasteiger partial charge in [0.1, 0.15) is 0 Å². The zero-order valence-electron chi connectivity index (χ0n) is 15.9. The van der Waals surface area contributed by atoms with Crippen molar-refractivity contribution in [2.24, 2.45) is 0 Å².